The molecule has 0 radical (unpaired) electrons. The number of primary amides is 1. The van der Waals surface area contributed by atoms with Crippen molar-refractivity contribution in [3.05, 3.63) is 40.3 Å². The summed E-state index contributed by atoms with van der Waals surface area (Å²) in [5.74, 6) is -0.121. The van der Waals surface area contributed by atoms with Gasteiger partial charge < -0.3 is 11.1 Å². The highest BCUT2D eigenvalue weighted by molar-refractivity contribution is 7.17. The Morgan fingerprint density at radius 2 is 2.28 bits per heavy atom. The van der Waals surface area contributed by atoms with Crippen LogP contribution in [0.1, 0.15) is 44.8 Å². The lowest BCUT2D eigenvalue weighted by molar-refractivity contribution is 0.1000. The number of hydrogen-bond donors (Lipinski definition) is 2. The summed E-state index contributed by atoms with van der Waals surface area (Å²) in [7, 11) is 0. The third-order valence-electron chi connectivity index (χ3n) is 4.30. The van der Waals surface area contributed by atoms with Crippen LogP contribution in [0.5, 0.6) is 0 Å². The van der Waals surface area contributed by atoms with Gasteiger partial charge in [0.25, 0.3) is 17.6 Å². The van der Waals surface area contributed by atoms with Crippen molar-refractivity contribution >= 4 is 33.9 Å². The maximum Gasteiger partial charge on any atom is 0.296 e. The van der Waals surface area contributed by atoms with Crippen molar-refractivity contribution in [2.75, 3.05) is 5.32 Å². The van der Waals surface area contributed by atoms with E-state index < -0.39 is 11.8 Å². The molecule has 0 aliphatic heterocycles. The lowest BCUT2D eigenvalue weighted by Crippen LogP contribution is -2.20. The van der Waals surface area contributed by atoms with Crippen molar-refractivity contribution in [2.24, 2.45) is 11.7 Å². The molecule has 3 N–H and O–H groups in total. The maximum absolute atomic E-state index is 12.5. The zero-order chi connectivity index (χ0) is 17.6. The Hall–Kier alpha value is -2.81. The first-order valence-electron chi connectivity index (χ1n) is 7.96. The minimum atomic E-state index is -0.521. The molecule has 0 saturated carbocycles. The predicted molar refractivity (Wildman–Crippen MR) is 92.8 cm³/mol. The van der Waals surface area contributed by atoms with Gasteiger partial charge in [-0.15, -0.1) is 16.4 Å². The average Bonchev–Trinajstić information content (AvgIpc) is 3.15. The molecular weight excluding hydrogens is 340 g/mol. The van der Waals surface area contributed by atoms with Crippen molar-refractivity contribution in [3.8, 4) is 0 Å². The monoisotopic (exact) mass is 356 g/mol. The molecule has 0 fully saturated rings. The van der Waals surface area contributed by atoms with Crippen LogP contribution >= 0.6 is 11.3 Å². The molecule has 3 aromatic rings. The van der Waals surface area contributed by atoms with Crippen LogP contribution in [-0.2, 0) is 12.8 Å². The largest absolute Gasteiger partial charge is 0.365 e. The second-order valence-electron chi connectivity index (χ2n) is 6.17. The van der Waals surface area contributed by atoms with E-state index in [1.165, 1.54) is 15.9 Å². The van der Waals surface area contributed by atoms with E-state index in [2.05, 4.69) is 27.3 Å². The van der Waals surface area contributed by atoms with Crippen LogP contribution in [0.3, 0.4) is 0 Å². The fraction of sp³-hybridized carbons (Fsp3) is 0.312. The number of anilines is 1. The van der Waals surface area contributed by atoms with Gasteiger partial charge in [0.2, 0.25) is 5.82 Å². The number of aromatic nitrogens is 4. The number of nitrogens with two attached hydrogens (primary N) is 1. The molecule has 1 aliphatic rings. The van der Waals surface area contributed by atoms with Gasteiger partial charge in [0.1, 0.15) is 5.00 Å². The van der Waals surface area contributed by atoms with E-state index >= 15 is 0 Å². The lowest BCUT2D eigenvalue weighted by atomic mass is 9.88. The standard InChI is InChI=1S/C16H16N6O2S/c1-8-3-4-9-10(7-8)25-15(11(9)12(17)23)20-14(24)13-19-16-18-5-2-6-22(16)21-13/h2,5-6,8H,3-4,7H2,1H3,(H2,17,23)(H,20,24)/t8-/m1/s1. The number of nitrogens with one attached hydrogen (secondary N) is 1. The van der Waals surface area contributed by atoms with Gasteiger partial charge in [-0.3, -0.25) is 9.59 Å². The van der Waals surface area contributed by atoms with Crippen molar-refractivity contribution in [1.29, 1.82) is 0 Å². The molecule has 0 spiro atoms. The second-order valence-corrected chi connectivity index (χ2v) is 7.28. The molecule has 128 valence electrons. The molecule has 3 heterocycles. The smallest absolute Gasteiger partial charge is 0.296 e. The fourth-order valence-corrected chi connectivity index (χ4v) is 4.50. The van der Waals surface area contributed by atoms with Crippen molar-refractivity contribution in [1.82, 2.24) is 19.6 Å². The van der Waals surface area contributed by atoms with Gasteiger partial charge in [-0.25, -0.2) is 9.50 Å². The van der Waals surface area contributed by atoms with E-state index in [1.54, 1.807) is 18.5 Å². The highest BCUT2D eigenvalue weighted by Crippen LogP contribution is 2.39. The maximum atomic E-state index is 12.5. The molecule has 0 aromatic carbocycles. The number of amides is 2. The van der Waals surface area contributed by atoms with Crippen LogP contribution in [0.15, 0.2) is 18.5 Å². The molecule has 0 unspecified atom stereocenters. The minimum Gasteiger partial charge on any atom is -0.365 e. The summed E-state index contributed by atoms with van der Waals surface area (Å²) in [5.41, 5.74) is 6.95. The summed E-state index contributed by atoms with van der Waals surface area (Å²) in [5, 5.41) is 7.33. The Labute approximate surface area is 147 Å². The van der Waals surface area contributed by atoms with Crippen LogP contribution in [-0.4, -0.2) is 31.4 Å². The number of carbonyl (C=O) groups is 2. The van der Waals surface area contributed by atoms with E-state index in [-0.39, 0.29) is 5.82 Å². The average molecular weight is 356 g/mol. The first kappa shape index (κ1) is 15.7. The summed E-state index contributed by atoms with van der Waals surface area (Å²) in [6.07, 6.45) is 5.94. The van der Waals surface area contributed by atoms with Gasteiger partial charge in [-0.1, -0.05) is 6.92 Å². The van der Waals surface area contributed by atoms with Gasteiger partial charge in [0.05, 0.1) is 5.56 Å². The molecular formula is C16H16N6O2S. The van der Waals surface area contributed by atoms with Gasteiger partial charge in [-0.05, 0) is 36.8 Å². The molecule has 4 rings (SSSR count). The van der Waals surface area contributed by atoms with E-state index in [9.17, 15) is 9.59 Å². The Kier molecular flexibility index (Phi) is 3.72. The van der Waals surface area contributed by atoms with Crippen molar-refractivity contribution in [3.63, 3.8) is 0 Å². The third kappa shape index (κ3) is 2.76. The molecule has 8 nitrogen and oxygen atoms in total. The van der Waals surface area contributed by atoms with Crippen LogP contribution in [0, 0.1) is 5.92 Å². The summed E-state index contributed by atoms with van der Waals surface area (Å²) in [6.45, 7) is 2.18. The molecule has 25 heavy (non-hydrogen) atoms. The fourth-order valence-electron chi connectivity index (χ4n) is 3.09. The SMILES string of the molecule is C[C@@H]1CCc2c(sc(NC(=O)c3nc4ncccn4n3)c2C(N)=O)C1. The Morgan fingerprint density at radius 3 is 3.04 bits per heavy atom. The quantitative estimate of drug-likeness (QED) is 0.740. The van der Waals surface area contributed by atoms with Crippen LogP contribution < -0.4 is 11.1 Å². The molecule has 2 amide bonds. The Morgan fingerprint density at radius 1 is 1.44 bits per heavy atom. The molecule has 0 bridgehead atoms. The van der Waals surface area contributed by atoms with Crippen LogP contribution in [0.2, 0.25) is 0 Å². The first-order chi connectivity index (χ1) is 12.0. The van der Waals surface area contributed by atoms with Gasteiger partial charge in [-0.2, -0.15) is 4.98 Å². The number of fused-ring (bicyclic) bond motifs is 2. The molecule has 9 heteroatoms. The van der Waals surface area contributed by atoms with E-state index in [4.69, 9.17) is 5.73 Å². The summed E-state index contributed by atoms with van der Waals surface area (Å²) in [4.78, 5) is 33.7. The highest BCUT2D eigenvalue weighted by atomic mass is 32.1. The summed E-state index contributed by atoms with van der Waals surface area (Å²) >= 11 is 1.41. The number of rotatable bonds is 3. The van der Waals surface area contributed by atoms with Crippen LogP contribution in [0.4, 0.5) is 5.00 Å². The summed E-state index contributed by atoms with van der Waals surface area (Å²) < 4.78 is 1.42. The van der Waals surface area contributed by atoms with E-state index in [0.717, 1.165) is 29.7 Å². The molecule has 1 aliphatic carbocycles. The van der Waals surface area contributed by atoms with E-state index in [0.29, 0.717) is 22.3 Å². The topological polar surface area (TPSA) is 115 Å². The molecule has 3 aromatic heterocycles. The number of hydrogen-bond acceptors (Lipinski definition) is 6. The van der Waals surface area contributed by atoms with E-state index in [1.807, 2.05) is 0 Å². The number of carbonyl (C=O) groups excluding carboxylic acids is 2. The van der Waals surface area contributed by atoms with Crippen LogP contribution in [0.25, 0.3) is 5.78 Å². The third-order valence-corrected chi connectivity index (χ3v) is 5.47. The zero-order valence-corrected chi connectivity index (χ0v) is 14.3. The predicted octanol–water partition coefficient (Wildman–Crippen LogP) is 1.66. The van der Waals surface area contributed by atoms with Crippen molar-refractivity contribution < 1.29 is 9.59 Å². The number of thiophene rings is 1. The normalized spacial score (nSPS) is 16.6. The Balaban J connectivity index is 1.68. The highest BCUT2D eigenvalue weighted by Gasteiger charge is 2.28. The van der Waals surface area contributed by atoms with Gasteiger partial charge in [0.15, 0.2) is 0 Å². The molecule has 0 saturated heterocycles. The van der Waals surface area contributed by atoms with Crippen molar-refractivity contribution in [2.45, 2.75) is 26.2 Å². The second kappa shape index (κ2) is 5.92. The summed E-state index contributed by atoms with van der Waals surface area (Å²) in [6, 6.07) is 1.70. The Bertz CT molecular complexity index is 959. The molecule has 1 atom stereocenters. The minimum absolute atomic E-state index is 0.00568. The first-order valence-corrected chi connectivity index (χ1v) is 8.77. The zero-order valence-electron chi connectivity index (χ0n) is 13.5. The van der Waals surface area contributed by atoms with Gasteiger partial charge >= 0.3 is 0 Å². The lowest BCUT2D eigenvalue weighted by Gasteiger charge is -2.18. The number of nitrogens with zero attached hydrogens (tertiary/aromatic N) is 4. The van der Waals surface area contributed by atoms with Gasteiger partial charge in [0, 0.05) is 17.3 Å².